The molecule has 0 radical (unpaired) electrons. The van der Waals surface area contributed by atoms with Crippen molar-refractivity contribution in [1.29, 1.82) is 0 Å². The predicted molar refractivity (Wildman–Crippen MR) is 618 cm³/mol. The van der Waals surface area contributed by atoms with Crippen molar-refractivity contribution < 1.29 is 0 Å². The smallest absolute Gasteiger partial charge is 0.164 e. The molecule has 20 aromatic carbocycles. The monoisotopic (exact) mass is 1930 g/mol. The lowest BCUT2D eigenvalue weighted by Gasteiger charge is -2.22. The first kappa shape index (κ1) is 91.6. The van der Waals surface area contributed by atoms with E-state index in [0.29, 0.717) is 52.4 Å². The number of benzene rings is 20. The SMILES string of the molecule is C[Si]1(C)c2ccccc2-c2cccc(-c3ccc(-c4ccc(-c5ccc(-c6nc(-c7ccccc7)nc(-c7ccccc7)n6)cc5)cc4)cc3)c21.C[Si]1(C)c2ccccc2-c2cccc(-c3ccc(-c4cccc(-c5ccc(-c6nc(-c7ccccc7)nc(-c7ccccc7)n6)cc5)c4)cc3)c21.C[Si]1(C)c2ccccc2-c2cccc(-c3ccc(-c4ccccc4-c4nc(-c5ccccc5)nc(-c5ccccc5)n4)cc3)c21. The molecule has 23 aromatic rings. The second-order valence-corrected chi connectivity index (χ2v) is 52.3. The van der Waals surface area contributed by atoms with Crippen molar-refractivity contribution in [2.75, 3.05) is 0 Å². The molecule has 0 bridgehead atoms. The summed E-state index contributed by atoms with van der Waals surface area (Å²) >= 11 is 0. The van der Waals surface area contributed by atoms with Crippen molar-refractivity contribution in [3.8, 4) is 225 Å². The Labute approximate surface area is 861 Å². The zero-order chi connectivity index (χ0) is 99.1. The molecule has 3 aromatic heterocycles. The van der Waals surface area contributed by atoms with Gasteiger partial charge in [-0.2, -0.15) is 0 Å². The average molecular weight is 1930 g/mol. The number of hydrogen-bond acceptors (Lipinski definition) is 9. The molecule has 0 fully saturated rings. The van der Waals surface area contributed by atoms with Crippen molar-refractivity contribution in [3.05, 3.63) is 504 Å². The van der Waals surface area contributed by atoms with Crippen LogP contribution in [0.1, 0.15) is 0 Å². The summed E-state index contributed by atoms with van der Waals surface area (Å²) in [5, 5.41) is 9.24. The van der Waals surface area contributed by atoms with Crippen molar-refractivity contribution in [2.24, 2.45) is 0 Å². The molecule has 147 heavy (non-hydrogen) atoms. The second kappa shape index (κ2) is 39.1. The van der Waals surface area contributed by atoms with Gasteiger partial charge in [-0.05, 0) is 160 Å². The number of nitrogens with zero attached hydrogens (tertiary/aromatic N) is 9. The highest BCUT2D eigenvalue weighted by atomic mass is 28.3. The maximum absolute atomic E-state index is 5.01. The molecule has 0 amide bonds. The van der Waals surface area contributed by atoms with E-state index in [-0.39, 0.29) is 0 Å². The van der Waals surface area contributed by atoms with Crippen LogP contribution in [0.25, 0.3) is 225 Å². The van der Waals surface area contributed by atoms with E-state index in [9.17, 15) is 0 Å². The van der Waals surface area contributed by atoms with E-state index in [4.69, 9.17) is 44.9 Å². The fourth-order valence-electron chi connectivity index (χ4n) is 21.9. The summed E-state index contributed by atoms with van der Waals surface area (Å²) in [7, 11) is -5.43. The molecule has 9 nitrogen and oxygen atoms in total. The van der Waals surface area contributed by atoms with E-state index in [1.165, 1.54) is 116 Å². The van der Waals surface area contributed by atoms with Crippen LogP contribution in [-0.2, 0) is 0 Å². The number of aromatic nitrogens is 9. The third-order valence-corrected chi connectivity index (χ3v) is 40.0. The van der Waals surface area contributed by atoms with Crippen LogP contribution in [0.3, 0.4) is 0 Å². The van der Waals surface area contributed by atoms with Crippen LogP contribution in [0, 0.1) is 0 Å². The van der Waals surface area contributed by atoms with Gasteiger partial charge in [0.05, 0.1) is 0 Å². The van der Waals surface area contributed by atoms with E-state index in [2.05, 4.69) is 361 Å². The van der Waals surface area contributed by atoms with Gasteiger partial charge < -0.3 is 0 Å². The van der Waals surface area contributed by atoms with Crippen LogP contribution in [0.4, 0.5) is 0 Å². The maximum atomic E-state index is 5.01. The van der Waals surface area contributed by atoms with E-state index < -0.39 is 24.2 Å². The summed E-state index contributed by atoms with van der Waals surface area (Å²) in [6, 6.07) is 178. The predicted octanol–water partition coefficient (Wildman–Crippen LogP) is 30.4. The Kier molecular flexibility index (Phi) is 24.3. The van der Waals surface area contributed by atoms with Gasteiger partial charge >= 0.3 is 0 Å². The van der Waals surface area contributed by atoms with Crippen molar-refractivity contribution >= 4 is 55.3 Å². The Bertz CT molecular complexity index is 8670. The number of fused-ring (bicyclic) bond motifs is 9. The van der Waals surface area contributed by atoms with Gasteiger partial charge in [0.1, 0.15) is 24.2 Å². The summed E-state index contributed by atoms with van der Waals surface area (Å²) in [6.45, 7) is 14.9. The number of rotatable bonds is 17. The minimum Gasteiger partial charge on any atom is -0.208 e. The van der Waals surface area contributed by atoms with E-state index in [1.54, 1.807) is 15.6 Å². The molecule has 0 N–H and O–H groups in total. The first-order valence-corrected chi connectivity index (χ1v) is 59.3. The van der Waals surface area contributed by atoms with Gasteiger partial charge in [-0.25, -0.2) is 44.9 Å². The van der Waals surface area contributed by atoms with E-state index in [0.717, 1.165) is 72.3 Å². The van der Waals surface area contributed by atoms with Gasteiger partial charge in [-0.15, -0.1) is 0 Å². The Morgan fingerprint density at radius 1 is 0.109 bits per heavy atom. The minimum absolute atomic E-state index is 0.655. The Morgan fingerprint density at radius 2 is 0.265 bits per heavy atom. The quantitative estimate of drug-likeness (QED) is 0.0822. The minimum atomic E-state index is -1.83. The van der Waals surface area contributed by atoms with Crippen LogP contribution in [-0.4, -0.2) is 69.1 Å². The number of hydrogen-bond donors (Lipinski definition) is 0. The fraction of sp³-hybridized carbons (Fsp3) is 0.0444. The van der Waals surface area contributed by atoms with Gasteiger partial charge in [0, 0.05) is 50.1 Å². The molecule has 3 aliphatic heterocycles. The molecule has 0 saturated heterocycles. The second-order valence-electron chi connectivity index (χ2n) is 39.4. The summed E-state index contributed by atoms with van der Waals surface area (Å²) in [4.78, 5) is 44.1. The third kappa shape index (κ3) is 17.8. The molecule has 698 valence electrons. The van der Waals surface area contributed by atoms with E-state index in [1.807, 2.05) is 182 Å². The van der Waals surface area contributed by atoms with Crippen LogP contribution >= 0.6 is 0 Å². The Balaban J connectivity index is 0.000000118. The summed E-state index contributed by atoms with van der Waals surface area (Å²) in [5.41, 5.74) is 36.6. The molecular weight excluding hydrogens is 1830 g/mol. The van der Waals surface area contributed by atoms with Crippen molar-refractivity contribution in [3.63, 3.8) is 0 Å². The van der Waals surface area contributed by atoms with Gasteiger partial charge in [0.2, 0.25) is 0 Å². The lowest BCUT2D eigenvalue weighted by atomic mass is 9.95. The lowest BCUT2D eigenvalue weighted by Crippen LogP contribution is -2.50. The first-order valence-electron chi connectivity index (χ1n) is 50.3. The molecule has 0 saturated carbocycles. The zero-order valence-corrected chi connectivity index (χ0v) is 85.4. The Hall–Kier alpha value is -17.9. The fourth-order valence-corrected chi connectivity index (χ4v) is 32.3. The van der Waals surface area contributed by atoms with Crippen LogP contribution in [0.2, 0.25) is 39.3 Å². The molecular formula is C135H101N9Si3. The zero-order valence-electron chi connectivity index (χ0n) is 82.4. The molecule has 0 spiro atoms. The van der Waals surface area contributed by atoms with Crippen LogP contribution in [0.15, 0.2) is 504 Å². The van der Waals surface area contributed by atoms with Gasteiger partial charge in [-0.3, -0.25) is 0 Å². The molecule has 3 aliphatic rings. The summed E-state index contributed by atoms with van der Waals surface area (Å²) in [5.74, 6) is 5.95. The highest BCUT2D eigenvalue weighted by Crippen LogP contribution is 2.43. The highest BCUT2D eigenvalue weighted by molar-refractivity contribution is 7.06. The molecule has 0 unspecified atom stereocenters. The average Bonchev–Trinajstić information content (AvgIpc) is 1.58. The first-order chi connectivity index (χ1) is 72.1. The van der Waals surface area contributed by atoms with Gasteiger partial charge in [-0.1, -0.05) is 537 Å². The van der Waals surface area contributed by atoms with Crippen molar-refractivity contribution in [2.45, 2.75) is 39.3 Å². The van der Waals surface area contributed by atoms with E-state index >= 15 is 0 Å². The third-order valence-electron chi connectivity index (χ3n) is 29.3. The molecule has 26 rings (SSSR count). The standard InChI is InChI=1S/2C47H35N3Si.C41H31N3Si/c1-51(2)43-22-10-9-19-41(43)42-21-12-20-40(44(42)51)34-27-23-32(24-28-34)38-17-11-18-39(31-38)33-25-29-37(30-26-33)47-49-45(35-13-5-3-6-14-35)48-46(50-47)36-15-7-4-8-16-36;1-51(2)43-19-10-9-16-41(43)42-18-11-17-40(44(42)51)36-28-24-34(25-29-36)32-20-22-33(23-21-32)35-26-30-39(31-27-35)47-49-45(37-12-5-3-6-13-37)48-46(50-47)38-14-7-4-8-15-38;1-45(2)37-23-12-11-19-34(37)35-22-13-21-33(38(35)45)29-26-24-28(25-27-29)32-18-9-10-20-36(32)41-43-39(30-14-5-3-6-15-30)42-40(44-41)31-16-7-4-8-17-31/h2*3-31H,1-2H3;3-27H,1-2H3. The normalized spacial score (nSPS) is 12.7. The Morgan fingerprint density at radius 3 is 0.517 bits per heavy atom. The molecule has 12 heteroatoms. The van der Waals surface area contributed by atoms with Gasteiger partial charge in [0.15, 0.2) is 52.4 Å². The molecule has 6 heterocycles. The lowest BCUT2D eigenvalue weighted by molar-refractivity contribution is 1.07. The summed E-state index contributed by atoms with van der Waals surface area (Å²) in [6.07, 6.45) is 0. The molecule has 0 aliphatic carbocycles. The summed E-state index contributed by atoms with van der Waals surface area (Å²) < 4.78 is 0. The van der Waals surface area contributed by atoms with Gasteiger partial charge in [0.25, 0.3) is 0 Å². The topological polar surface area (TPSA) is 116 Å². The van der Waals surface area contributed by atoms with Crippen LogP contribution in [0.5, 0.6) is 0 Å². The largest absolute Gasteiger partial charge is 0.208 e. The highest BCUT2D eigenvalue weighted by Gasteiger charge is 2.42. The maximum Gasteiger partial charge on any atom is 0.164 e. The van der Waals surface area contributed by atoms with Crippen molar-refractivity contribution in [1.82, 2.24) is 44.9 Å². The van der Waals surface area contributed by atoms with Crippen LogP contribution < -0.4 is 31.1 Å². The molecule has 0 atom stereocenters.